The predicted molar refractivity (Wildman–Crippen MR) is 91.5 cm³/mol. The molecule has 0 atom stereocenters. The molecule has 0 aliphatic carbocycles. The number of rotatable bonds is 3. The largest absolute Gasteiger partial charge is 0.365 e. The van der Waals surface area contributed by atoms with Crippen LogP contribution in [0.5, 0.6) is 0 Å². The van der Waals surface area contributed by atoms with Crippen LogP contribution >= 0.6 is 11.3 Å². The summed E-state index contributed by atoms with van der Waals surface area (Å²) in [4.78, 5) is 31.7. The van der Waals surface area contributed by atoms with E-state index in [2.05, 4.69) is 4.98 Å². The third-order valence-electron chi connectivity index (χ3n) is 4.44. The van der Waals surface area contributed by atoms with Crippen molar-refractivity contribution in [2.24, 2.45) is 11.7 Å². The van der Waals surface area contributed by atoms with Gasteiger partial charge in [0, 0.05) is 30.6 Å². The Morgan fingerprint density at radius 3 is 2.65 bits per heavy atom. The van der Waals surface area contributed by atoms with Gasteiger partial charge in [-0.05, 0) is 30.4 Å². The van der Waals surface area contributed by atoms with Crippen LogP contribution in [0.15, 0.2) is 18.3 Å². The minimum Gasteiger partial charge on any atom is -0.365 e. The smallest absolute Gasteiger partial charge is 0.259 e. The van der Waals surface area contributed by atoms with Crippen LogP contribution in [0.4, 0.5) is 0 Å². The summed E-state index contributed by atoms with van der Waals surface area (Å²) in [5.41, 5.74) is 6.61. The van der Waals surface area contributed by atoms with E-state index >= 15 is 0 Å². The maximum Gasteiger partial charge on any atom is 0.259 e. The number of piperidine rings is 1. The molecule has 122 valence electrons. The Kier molecular flexibility index (Phi) is 4.35. The van der Waals surface area contributed by atoms with Crippen LogP contribution in [-0.4, -0.2) is 34.8 Å². The summed E-state index contributed by atoms with van der Waals surface area (Å²) in [6.07, 6.45) is 3.45. The topological polar surface area (TPSA) is 76.3 Å². The van der Waals surface area contributed by atoms with E-state index in [1.54, 1.807) is 6.20 Å². The second-order valence-electron chi connectivity index (χ2n) is 6.32. The molecule has 5 nitrogen and oxygen atoms in total. The molecule has 6 heteroatoms. The molecule has 2 amide bonds. The number of thiophene rings is 1. The fraction of sp³-hybridized carbons (Fsp3) is 0.471. The molecule has 2 aromatic heterocycles. The maximum absolute atomic E-state index is 12.1. The van der Waals surface area contributed by atoms with Gasteiger partial charge in [0.25, 0.3) is 5.91 Å². The van der Waals surface area contributed by atoms with E-state index in [-0.39, 0.29) is 23.7 Å². The van der Waals surface area contributed by atoms with Crippen LogP contribution in [0.25, 0.3) is 10.2 Å². The quantitative estimate of drug-likeness (QED) is 0.939. The molecular formula is C17H21N3O2S. The van der Waals surface area contributed by atoms with Gasteiger partial charge in [0.2, 0.25) is 5.91 Å². The van der Waals surface area contributed by atoms with E-state index in [0.717, 1.165) is 41.7 Å². The van der Waals surface area contributed by atoms with Gasteiger partial charge in [-0.1, -0.05) is 19.9 Å². The van der Waals surface area contributed by atoms with Gasteiger partial charge in [0.05, 0.1) is 4.88 Å². The third kappa shape index (κ3) is 2.95. The Bertz CT molecular complexity index is 745. The number of aromatic nitrogens is 1. The van der Waals surface area contributed by atoms with Crippen LogP contribution < -0.4 is 5.73 Å². The second kappa shape index (κ2) is 6.28. The molecule has 3 heterocycles. The monoisotopic (exact) mass is 331 g/mol. The van der Waals surface area contributed by atoms with Gasteiger partial charge < -0.3 is 10.6 Å². The maximum atomic E-state index is 12.1. The summed E-state index contributed by atoms with van der Waals surface area (Å²) in [6, 6.07) is 3.90. The first-order valence-corrected chi connectivity index (χ1v) is 8.76. The van der Waals surface area contributed by atoms with Crippen molar-refractivity contribution in [1.29, 1.82) is 0 Å². The molecular weight excluding hydrogens is 310 g/mol. The molecule has 1 aliphatic heterocycles. The lowest BCUT2D eigenvalue weighted by molar-refractivity contribution is -0.135. The molecule has 3 rings (SSSR count). The molecule has 1 fully saturated rings. The van der Waals surface area contributed by atoms with Crippen molar-refractivity contribution in [3.63, 3.8) is 0 Å². The number of carbonyl (C=O) groups excluding carboxylic acids is 2. The number of fused-ring (bicyclic) bond motifs is 1. The first-order chi connectivity index (χ1) is 11.0. The van der Waals surface area contributed by atoms with E-state index < -0.39 is 0 Å². The van der Waals surface area contributed by atoms with Crippen molar-refractivity contribution in [3.05, 3.63) is 28.8 Å². The molecule has 2 N–H and O–H groups in total. The molecule has 1 aliphatic rings. The van der Waals surface area contributed by atoms with Crippen molar-refractivity contribution in [2.45, 2.75) is 32.6 Å². The van der Waals surface area contributed by atoms with Crippen molar-refractivity contribution in [1.82, 2.24) is 9.88 Å². The summed E-state index contributed by atoms with van der Waals surface area (Å²) >= 11 is 1.37. The highest BCUT2D eigenvalue weighted by atomic mass is 32.1. The Morgan fingerprint density at radius 1 is 1.35 bits per heavy atom. The van der Waals surface area contributed by atoms with Crippen LogP contribution in [0.2, 0.25) is 0 Å². The number of pyridine rings is 1. The lowest BCUT2D eigenvalue weighted by Crippen LogP contribution is -2.40. The van der Waals surface area contributed by atoms with Gasteiger partial charge in [-0.2, -0.15) is 0 Å². The van der Waals surface area contributed by atoms with Crippen LogP contribution in [0.1, 0.15) is 47.8 Å². The number of amides is 2. The lowest BCUT2D eigenvalue weighted by Gasteiger charge is -2.33. The van der Waals surface area contributed by atoms with E-state index in [9.17, 15) is 9.59 Å². The highest BCUT2D eigenvalue weighted by Gasteiger charge is 2.29. The Balaban J connectivity index is 1.89. The number of nitrogens with two attached hydrogens (primary N) is 1. The van der Waals surface area contributed by atoms with Gasteiger partial charge in [-0.3, -0.25) is 9.59 Å². The Hall–Kier alpha value is -1.95. The molecule has 23 heavy (non-hydrogen) atoms. The zero-order valence-electron chi connectivity index (χ0n) is 13.4. The highest BCUT2D eigenvalue weighted by molar-refractivity contribution is 7.20. The number of hydrogen-bond acceptors (Lipinski definition) is 4. The summed E-state index contributed by atoms with van der Waals surface area (Å²) in [7, 11) is 0. The zero-order valence-corrected chi connectivity index (χ0v) is 14.2. The van der Waals surface area contributed by atoms with Crippen LogP contribution in [0.3, 0.4) is 0 Å². The summed E-state index contributed by atoms with van der Waals surface area (Å²) in [6.45, 7) is 5.32. The van der Waals surface area contributed by atoms with E-state index in [0.29, 0.717) is 4.88 Å². The van der Waals surface area contributed by atoms with Crippen molar-refractivity contribution in [2.75, 3.05) is 13.1 Å². The summed E-state index contributed by atoms with van der Waals surface area (Å²) in [5, 5.41) is 1.03. The van der Waals surface area contributed by atoms with Crippen LogP contribution in [-0.2, 0) is 4.79 Å². The molecule has 0 spiro atoms. The summed E-state index contributed by atoms with van der Waals surface area (Å²) < 4.78 is 0. The van der Waals surface area contributed by atoms with Gasteiger partial charge in [-0.25, -0.2) is 4.98 Å². The molecule has 0 aromatic carbocycles. The zero-order chi connectivity index (χ0) is 16.6. The third-order valence-corrected chi connectivity index (χ3v) is 5.58. The number of likely N-dealkylation sites (tertiary alicyclic amines) is 1. The van der Waals surface area contributed by atoms with Crippen LogP contribution in [0, 0.1) is 5.92 Å². The standard InChI is InChI=1S/C17H21N3O2S/c1-10(2)17(22)20-8-5-11(6-9-20)13-12-4-3-7-19-16(12)23-14(13)15(18)21/h3-4,7,10-11H,5-6,8-9H2,1-2H3,(H2,18,21). The van der Waals surface area contributed by atoms with Crippen molar-refractivity contribution >= 4 is 33.4 Å². The molecule has 1 saturated heterocycles. The first kappa shape index (κ1) is 15.9. The molecule has 0 bridgehead atoms. The predicted octanol–water partition coefficient (Wildman–Crippen LogP) is 2.76. The Morgan fingerprint density at radius 2 is 2.04 bits per heavy atom. The minimum atomic E-state index is -0.385. The molecule has 2 aromatic rings. The minimum absolute atomic E-state index is 0.0268. The molecule has 0 radical (unpaired) electrons. The van der Waals surface area contributed by atoms with Gasteiger partial charge in [-0.15, -0.1) is 11.3 Å². The second-order valence-corrected chi connectivity index (χ2v) is 7.32. The van der Waals surface area contributed by atoms with E-state index in [4.69, 9.17) is 5.73 Å². The average molecular weight is 331 g/mol. The Labute approximate surface area is 139 Å². The van der Waals surface area contributed by atoms with Crippen molar-refractivity contribution < 1.29 is 9.59 Å². The van der Waals surface area contributed by atoms with Crippen molar-refractivity contribution in [3.8, 4) is 0 Å². The molecule has 0 saturated carbocycles. The number of hydrogen-bond donors (Lipinski definition) is 1. The summed E-state index contributed by atoms with van der Waals surface area (Å²) in [5.74, 6) is 0.102. The van der Waals surface area contributed by atoms with Gasteiger partial charge in [0.1, 0.15) is 4.83 Å². The van der Waals surface area contributed by atoms with E-state index in [1.807, 2.05) is 30.9 Å². The lowest BCUT2D eigenvalue weighted by atomic mass is 9.87. The first-order valence-electron chi connectivity index (χ1n) is 7.95. The van der Waals surface area contributed by atoms with E-state index in [1.165, 1.54) is 11.3 Å². The fourth-order valence-corrected chi connectivity index (χ4v) is 4.38. The van der Waals surface area contributed by atoms with Gasteiger partial charge in [0.15, 0.2) is 0 Å². The number of carbonyl (C=O) groups is 2. The van der Waals surface area contributed by atoms with Gasteiger partial charge >= 0.3 is 0 Å². The number of nitrogens with zero attached hydrogens (tertiary/aromatic N) is 2. The molecule has 0 unspecified atom stereocenters. The number of primary amides is 1. The highest BCUT2D eigenvalue weighted by Crippen LogP contribution is 2.39. The average Bonchev–Trinajstić information content (AvgIpc) is 2.94. The normalized spacial score (nSPS) is 16.2. The SMILES string of the molecule is CC(C)C(=O)N1CCC(c2c(C(N)=O)sc3ncccc23)CC1. The fourth-order valence-electron chi connectivity index (χ4n) is 3.29.